The van der Waals surface area contributed by atoms with Crippen LogP contribution in [0.5, 0.6) is 0 Å². The summed E-state index contributed by atoms with van der Waals surface area (Å²) in [6, 6.07) is 29.0. The number of anilines is 1. The van der Waals surface area contributed by atoms with E-state index in [2.05, 4.69) is 20.5 Å². The number of aryl methyl sites for hydroxylation is 1. The molecule has 2 amide bonds. The van der Waals surface area contributed by atoms with Crippen molar-refractivity contribution in [3.05, 3.63) is 108 Å². The van der Waals surface area contributed by atoms with Crippen molar-refractivity contribution in [2.75, 3.05) is 25.0 Å². The lowest BCUT2D eigenvalue weighted by molar-refractivity contribution is 0.0428. The van der Waals surface area contributed by atoms with E-state index in [0.29, 0.717) is 13.1 Å². The van der Waals surface area contributed by atoms with Gasteiger partial charge in [-0.05, 0) is 36.6 Å². The van der Waals surface area contributed by atoms with E-state index in [-0.39, 0.29) is 12.1 Å². The van der Waals surface area contributed by atoms with Gasteiger partial charge in [-0.2, -0.15) is 0 Å². The Morgan fingerprint density at radius 2 is 1.63 bits per heavy atom. The number of amides is 2. The van der Waals surface area contributed by atoms with Crippen LogP contribution in [0.15, 0.2) is 91.0 Å². The highest BCUT2D eigenvalue weighted by atomic mass is 16.3. The first-order chi connectivity index (χ1) is 17.0. The van der Waals surface area contributed by atoms with E-state index in [1.165, 1.54) is 0 Å². The summed E-state index contributed by atoms with van der Waals surface area (Å²) >= 11 is 0. The molecule has 0 radical (unpaired) electrons. The molecule has 1 saturated heterocycles. The first-order valence-electron chi connectivity index (χ1n) is 12.0. The molecule has 2 heterocycles. The van der Waals surface area contributed by atoms with Crippen LogP contribution in [0.25, 0.3) is 10.9 Å². The summed E-state index contributed by atoms with van der Waals surface area (Å²) in [4.78, 5) is 19.6. The standard InChI is InChI=1S/C29H30N4O2/c1-21-18-27(25-14-8-9-15-26(25)30-21)32-28(34)31-24-16-17-33(19-24)20-29(35,22-10-4-2-5-11-22)23-12-6-3-7-13-23/h2-15,18,24,35H,16-17,19-20H2,1H3,(H2,30,31,32,34)/t24-/m1/s1. The van der Waals surface area contributed by atoms with E-state index < -0.39 is 5.60 Å². The van der Waals surface area contributed by atoms with E-state index in [1.807, 2.05) is 97.9 Å². The molecule has 178 valence electrons. The Morgan fingerprint density at radius 3 is 2.31 bits per heavy atom. The van der Waals surface area contributed by atoms with E-state index in [4.69, 9.17) is 0 Å². The summed E-state index contributed by atoms with van der Waals surface area (Å²) in [6.45, 7) is 3.84. The number of β-amino-alcohol motifs (C(OH)–C–C–N with tert-alkyl or cyclic N) is 1. The number of aromatic nitrogens is 1. The van der Waals surface area contributed by atoms with Crippen molar-refractivity contribution in [1.29, 1.82) is 0 Å². The van der Waals surface area contributed by atoms with E-state index in [0.717, 1.165) is 46.4 Å². The zero-order valence-corrected chi connectivity index (χ0v) is 19.8. The van der Waals surface area contributed by atoms with Crippen molar-refractivity contribution in [3.63, 3.8) is 0 Å². The van der Waals surface area contributed by atoms with Gasteiger partial charge in [0.2, 0.25) is 0 Å². The fourth-order valence-electron chi connectivity index (χ4n) is 4.95. The van der Waals surface area contributed by atoms with E-state index in [9.17, 15) is 9.90 Å². The molecule has 0 bridgehead atoms. The number of likely N-dealkylation sites (tertiary alicyclic amines) is 1. The number of para-hydroxylation sites is 1. The Bertz CT molecular complexity index is 1270. The van der Waals surface area contributed by atoms with Gasteiger partial charge in [0.15, 0.2) is 0 Å². The number of hydrogen-bond donors (Lipinski definition) is 3. The number of fused-ring (bicyclic) bond motifs is 1. The van der Waals surface area contributed by atoms with Gasteiger partial charge in [-0.15, -0.1) is 0 Å². The van der Waals surface area contributed by atoms with Gasteiger partial charge in [0.05, 0.1) is 11.2 Å². The average Bonchev–Trinajstić information content (AvgIpc) is 3.31. The Labute approximate surface area is 205 Å². The van der Waals surface area contributed by atoms with Crippen LogP contribution in [0, 0.1) is 6.92 Å². The highest BCUT2D eigenvalue weighted by Crippen LogP contribution is 2.31. The number of nitrogens with zero attached hydrogens (tertiary/aromatic N) is 2. The lowest BCUT2D eigenvalue weighted by Crippen LogP contribution is -2.44. The number of hydrogen-bond acceptors (Lipinski definition) is 4. The summed E-state index contributed by atoms with van der Waals surface area (Å²) in [7, 11) is 0. The zero-order valence-electron chi connectivity index (χ0n) is 19.8. The van der Waals surface area contributed by atoms with Gasteiger partial charge in [0.1, 0.15) is 5.60 Å². The molecule has 0 aliphatic carbocycles. The Hall–Kier alpha value is -3.74. The predicted molar refractivity (Wildman–Crippen MR) is 139 cm³/mol. The monoisotopic (exact) mass is 466 g/mol. The van der Waals surface area contributed by atoms with Crippen LogP contribution in [0.3, 0.4) is 0 Å². The average molecular weight is 467 g/mol. The molecule has 3 N–H and O–H groups in total. The molecule has 5 rings (SSSR count). The van der Waals surface area contributed by atoms with Gasteiger partial charge >= 0.3 is 6.03 Å². The lowest BCUT2D eigenvalue weighted by Gasteiger charge is -2.33. The fourth-order valence-corrected chi connectivity index (χ4v) is 4.95. The second kappa shape index (κ2) is 9.86. The zero-order chi connectivity index (χ0) is 24.3. The van der Waals surface area contributed by atoms with Crippen molar-refractivity contribution in [2.45, 2.75) is 25.0 Å². The maximum Gasteiger partial charge on any atom is 0.319 e. The van der Waals surface area contributed by atoms with Crippen molar-refractivity contribution < 1.29 is 9.90 Å². The molecular formula is C29H30N4O2. The molecule has 0 saturated carbocycles. The van der Waals surface area contributed by atoms with Gasteiger partial charge in [0.25, 0.3) is 0 Å². The maximum absolute atomic E-state index is 12.8. The first kappa shape index (κ1) is 23.0. The second-order valence-electron chi connectivity index (χ2n) is 9.24. The minimum absolute atomic E-state index is 0.00000457. The lowest BCUT2D eigenvalue weighted by atomic mass is 9.86. The largest absolute Gasteiger partial charge is 0.379 e. The number of pyridine rings is 1. The smallest absolute Gasteiger partial charge is 0.319 e. The van der Waals surface area contributed by atoms with Crippen molar-refractivity contribution >= 4 is 22.6 Å². The van der Waals surface area contributed by atoms with Crippen LogP contribution in [0.4, 0.5) is 10.5 Å². The summed E-state index contributed by atoms with van der Waals surface area (Å²) in [6.07, 6.45) is 0.823. The fraction of sp³-hybridized carbons (Fsp3) is 0.241. The molecule has 0 unspecified atom stereocenters. The van der Waals surface area contributed by atoms with Crippen LogP contribution in [0.1, 0.15) is 23.2 Å². The van der Waals surface area contributed by atoms with Gasteiger partial charge in [-0.3, -0.25) is 9.88 Å². The Kier molecular flexibility index (Phi) is 6.49. The Morgan fingerprint density at radius 1 is 1.00 bits per heavy atom. The topological polar surface area (TPSA) is 77.5 Å². The van der Waals surface area contributed by atoms with Gasteiger partial charge in [-0.1, -0.05) is 78.9 Å². The summed E-state index contributed by atoms with van der Waals surface area (Å²) in [5.74, 6) is 0. The summed E-state index contributed by atoms with van der Waals surface area (Å²) in [5, 5.41) is 18.9. The van der Waals surface area contributed by atoms with Crippen molar-refractivity contribution in [2.24, 2.45) is 0 Å². The second-order valence-corrected chi connectivity index (χ2v) is 9.24. The summed E-state index contributed by atoms with van der Waals surface area (Å²) < 4.78 is 0. The number of carbonyl (C=O) groups is 1. The van der Waals surface area contributed by atoms with Crippen molar-refractivity contribution in [3.8, 4) is 0 Å². The van der Waals surface area contributed by atoms with Crippen LogP contribution in [-0.4, -0.2) is 46.7 Å². The molecule has 3 aromatic carbocycles. The molecule has 4 aromatic rings. The van der Waals surface area contributed by atoms with Crippen LogP contribution >= 0.6 is 0 Å². The van der Waals surface area contributed by atoms with Gasteiger partial charge < -0.3 is 15.7 Å². The third-order valence-electron chi connectivity index (χ3n) is 6.66. The normalized spacial score (nSPS) is 16.3. The molecule has 1 aromatic heterocycles. The molecule has 1 aliphatic rings. The molecular weight excluding hydrogens is 436 g/mol. The third-order valence-corrected chi connectivity index (χ3v) is 6.66. The molecule has 1 fully saturated rings. The maximum atomic E-state index is 12.8. The molecule has 6 nitrogen and oxygen atoms in total. The van der Waals surface area contributed by atoms with Gasteiger partial charge in [0, 0.05) is 36.8 Å². The highest BCUT2D eigenvalue weighted by molar-refractivity contribution is 6.00. The minimum atomic E-state index is -1.13. The van der Waals surface area contributed by atoms with Gasteiger partial charge in [-0.25, -0.2) is 4.79 Å². The Balaban J connectivity index is 1.26. The predicted octanol–water partition coefficient (Wildman–Crippen LogP) is 4.68. The van der Waals surface area contributed by atoms with E-state index >= 15 is 0 Å². The number of urea groups is 1. The number of carbonyl (C=O) groups excluding carboxylic acids is 1. The quantitative estimate of drug-likeness (QED) is 0.386. The van der Waals surface area contributed by atoms with Crippen LogP contribution < -0.4 is 10.6 Å². The summed E-state index contributed by atoms with van der Waals surface area (Å²) in [5.41, 5.74) is 3.05. The molecule has 6 heteroatoms. The first-order valence-corrected chi connectivity index (χ1v) is 12.0. The van der Waals surface area contributed by atoms with E-state index in [1.54, 1.807) is 0 Å². The number of benzene rings is 3. The SMILES string of the molecule is Cc1cc(NC(=O)N[C@@H]2CCN(CC(O)(c3ccccc3)c3ccccc3)C2)c2ccccc2n1. The van der Waals surface area contributed by atoms with Crippen LogP contribution in [0.2, 0.25) is 0 Å². The minimum Gasteiger partial charge on any atom is -0.379 e. The molecule has 0 spiro atoms. The number of aliphatic hydroxyl groups is 1. The number of nitrogens with one attached hydrogen (secondary N) is 2. The molecule has 35 heavy (non-hydrogen) atoms. The number of rotatable bonds is 6. The molecule has 1 aliphatic heterocycles. The highest BCUT2D eigenvalue weighted by Gasteiger charge is 2.36. The third kappa shape index (κ3) is 5.04. The molecule has 1 atom stereocenters. The van der Waals surface area contributed by atoms with Crippen LogP contribution in [-0.2, 0) is 5.60 Å². The van der Waals surface area contributed by atoms with Crippen molar-refractivity contribution in [1.82, 2.24) is 15.2 Å².